The maximum absolute atomic E-state index is 12.1. The van der Waals surface area contributed by atoms with Crippen molar-refractivity contribution < 1.29 is 19.4 Å². The van der Waals surface area contributed by atoms with E-state index in [4.69, 9.17) is 14.6 Å². The third kappa shape index (κ3) is 5.53. The van der Waals surface area contributed by atoms with E-state index >= 15 is 0 Å². The van der Waals surface area contributed by atoms with Gasteiger partial charge in [0.25, 0.3) is 0 Å². The van der Waals surface area contributed by atoms with Crippen LogP contribution in [-0.4, -0.2) is 52.5 Å². The van der Waals surface area contributed by atoms with Crippen molar-refractivity contribution in [3.8, 4) is 5.75 Å². The van der Waals surface area contributed by atoms with Crippen LogP contribution in [0.4, 0.5) is 4.79 Å². The molecule has 1 aliphatic rings. The molecule has 0 aromatic carbocycles. The molecule has 1 amide bonds. The summed E-state index contributed by atoms with van der Waals surface area (Å²) in [5.41, 5.74) is 0.521. The second-order valence-corrected chi connectivity index (χ2v) is 6.81. The highest BCUT2D eigenvalue weighted by atomic mass is 16.6. The molecule has 0 bridgehead atoms. The minimum Gasteiger partial charge on any atom is -0.490 e. The molecule has 1 atom stereocenters. The van der Waals surface area contributed by atoms with Gasteiger partial charge in [-0.15, -0.1) is 0 Å². The highest BCUT2D eigenvalue weighted by Crippen LogP contribution is 2.22. The summed E-state index contributed by atoms with van der Waals surface area (Å²) >= 11 is 0. The number of carbonyl (C=O) groups excluding carboxylic acids is 1. The van der Waals surface area contributed by atoms with Crippen LogP contribution in [0, 0.1) is 0 Å². The second-order valence-electron chi connectivity index (χ2n) is 6.81. The molecular weight excluding hydrogens is 308 g/mol. The van der Waals surface area contributed by atoms with E-state index in [1.165, 1.54) is 0 Å². The van der Waals surface area contributed by atoms with Crippen LogP contribution in [0.3, 0.4) is 0 Å². The number of aliphatic hydroxyl groups excluding tert-OH is 1. The van der Waals surface area contributed by atoms with Crippen LogP contribution in [0.2, 0.25) is 0 Å². The number of pyridine rings is 1. The van der Waals surface area contributed by atoms with E-state index in [0.29, 0.717) is 25.3 Å². The molecule has 0 spiro atoms. The van der Waals surface area contributed by atoms with Gasteiger partial charge in [-0.1, -0.05) is 12.2 Å². The summed E-state index contributed by atoms with van der Waals surface area (Å²) in [6.45, 7) is 6.74. The van der Waals surface area contributed by atoms with Crippen molar-refractivity contribution >= 4 is 6.09 Å². The lowest BCUT2D eigenvalue weighted by Crippen LogP contribution is -2.55. The monoisotopic (exact) mass is 334 g/mol. The molecule has 0 saturated carbocycles. The van der Waals surface area contributed by atoms with Crippen molar-refractivity contribution in [2.45, 2.75) is 45.3 Å². The minimum atomic E-state index is -0.488. The molecule has 24 heavy (non-hydrogen) atoms. The Kier molecular flexibility index (Phi) is 6.20. The second kappa shape index (κ2) is 8.15. The van der Waals surface area contributed by atoms with E-state index in [9.17, 15) is 4.79 Å². The van der Waals surface area contributed by atoms with E-state index in [0.717, 1.165) is 12.0 Å². The summed E-state index contributed by atoms with van der Waals surface area (Å²) in [6.07, 6.45) is 8.32. The smallest absolute Gasteiger partial charge is 0.410 e. The molecule has 0 radical (unpaired) electrons. The zero-order chi connectivity index (χ0) is 17.6. The van der Waals surface area contributed by atoms with E-state index in [1.54, 1.807) is 23.4 Å². The maximum Gasteiger partial charge on any atom is 0.410 e. The van der Waals surface area contributed by atoms with Crippen molar-refractivity contribution in [3.05, 3.63) is 36.2 Å². The third-order valence-electron chi connectivity index (χ3n) is 3.61. The normalized spacial score (nSPS) is 17.7. The first-order chi connectivity index (χ1) is 11.4. The van der Waals surface area contributed by atoms with Gasteiger partial charge in [-0.3, -0.25) is 4.98 Å². The average Bonchev–Trinajstić information content (AvgIpc) is 2.45. The Labute approximate surface area is 143 Å². The largest absolute Gasteiger partial charge is 0.490 e. The number of ether oxygens (including phenoxy) is 2. The van der Waals surface area contributed by atoms with Crippen molar-refractivity contribution in [3.63, 3.8) is 0 Å². The summed E-state index contributed by atoms with van der Waals surface area (Å²) in [5.74, 6) is 0.681. The number of hydrogen-bond acceptors (Lipinski definition) is 5. The van der Waals surface area contributed by atoms with E-state index in [-0.39, 0.29) is 18.7 Å². The number of carbonyl (C=O) groups is 1. The number of likely N-dealkylation sites (tertiary alicyclic amines) is 1. The molecule has 1 fully saturated rings. The summed E-state index contributed by atoms with van der Waals surface area (Å²) in [4.78, 5) is 17.9. The highest BCUT2D eigenvalue weighted by molar-refractivity contribution is 5.69. The Balaban J connectivity index is 1.84. The maximum atomic E-state index is 12.1. The number of aliphatic hydroxyl groups is 1. The third-order valence-corrected chi connectivity index (χ3v) is 3.61. The van der Waals surface area contributed by atoms with Gasteiger partial charge in [-0.25, -0.2) is 4.79 Å². The van der Waals surface area contributed by atoms with Gasteiger partial charge in [0, 0.05) is 12.7 Å². The molecule has 1 saturated heterocycles. The predicted octanol–water partition coefficient (Wildman–Crippen LogP) is 2.56. The minimum absolute atomic E-state index is 0.0335. The zero-order valence-electron chi connectivity index (χ0n) is 14.6. The Morgan fingerprint density at radius 1 is 1.42 bits per heavy atom. The first-order valence-electron chi connectivity index (χ1n) is 8.21. The van der Waals surface area contributed by atoms with Crippen LogP contribution in [-0.2, 0) is 11.2 Å². The van der Waals surface area contributed by atoms with Gasteiger partial charge in [0.2, 0.25) is 0 Å². The van der Waals surface area contributed by atoms with Gasteiger partial charge in [-0.05, 0) is 45.2 Å². The Morgan fingerprint density at radius 3 is 2.83 bits per heavy atom. The fraction of sp³-hybridized carbons (Fsp3) is 0.556. The lowest BCUT2D eigenvalue weighted by Gasteiger charge is -2.40. The lowest BCUT2D eigenvalue weighted by atomic mass is 10.1. The molecule has 2 rings (SSSR count). The molecule has 6 nitrogen and oxygen atoms in total. The quantitative estimate of drug-likeness (QED) is 0.810. The van der Waals surface area contributed by atoms with Gasteiger partial charge in [0.05, 0.1) is 18.8 Å². The number of rotatable bonds is 6. The Bertz CT molecular complexity index is 581. The Hall–Kier alpha value is -2.08. The van der Waals surface area contributed by atoms with E-state index < -0.39 is 5.60 Å². The van der Waals surface area contributed by atoms with Crippen LogP contribution in [0.5, 0.6) is 5.75 Å². The summed E-state index contributed by atoms with van der Waals surface area (Å²) < 4.78 is 11.2. The standard InChI is InChI=1S/C18H26N2O4/c1-18(2,3)24-17(22)20-8-7-15(20)13-23-16-10-14(11-19-12-16)6-4-5-9-21/h4-5,10-12,15,21H,6-9,13H2,1-3H3/b5-4+/t15-/m0/s1. The fourth-order valence-corrected chi connectivity index (χ4v) is 2.32. The Morgan fingerprint density at radius 2 is 2.21 bits per heavy atom. The van der Waals surface area contributed by atoms with E-state index in [1.807, 2.05) is 32.9 Å². The van der Waals surface area contributed by atoms with Crippen LogP contribution in [0.25, 0.3) is 0 Å². The summed E-state index contributed by atoms with van der Waals surface area (Å²) in [5, 5.41) is 8.75. The van der Waals surface area contributed by atoms with E-state index in [2.05, 4.69) is 4.98 Å². The van der Waals surface area contributed by atoms with Gasteiger partial charge >= 0.3 is 6.09 Å². The summed E-state index contributed by atoms with van der Waals surface area (Å²) in [7, 11) is 0. The number of amides is 1. The molecule has 6 heteroatoms. The van der Waals surface area contributed by atoms with Gasteiger partial charge in [0.15, 0.2) is 0 Å². The molecule has 132 valence electrons. The molecule has 2 heterocycles. The van der Waals surface area contributed by atoms with Crippen LogP contribution in [0.1, 0.15) is 32.8 Å². The van der Waals surface area contributed by atoms with Gasteiger partial charge < -0.3 is 19.5 Å². The highest BCUT2D eigenvalue weighted by Gasteiger charge is 2.35. The number of aromatic nitrogens is 1. The molecule has 1 N–H and O–H groups in total. The first-order valence-corrected chi connectivity index (χ1v) is 8.21. The number of nitrogens with zero attached hydrogens (tertiary/aromatic N) is 2. The fourth-order valence-electron chi connectivity index (χ4n) is 2.32. The number of hydrogen-bond donors (Lipinski definition) is 1. The lowest BCUT2D eigenvalue weighted by molar-refractivity contribution is -0.0141. The van der Waals surface area contributed by atoms with Crippen molar-refractivity contribution in [2.75, 3.05) is 19.8 Å². The molecule has 0 aliphatic carbocycles. The number of allylic oxidation sites excluding steroid dienone is 1. The molecule has 1 aromatic rings. The van der Waals surface area contributed by atoms with Gasteiger partial charge in [0.1, 0.15) is 18.0 Å². The van der Waals surface area contributed by atoms with Crippen molar-refractivity contribution in [2.24, 2.45) is 0 Å². The predicted molar refractivity (Wildman–Crippen MR) is 91.0 cm³/mol. The van der Waals surface area contributed by atoms with Crippen LogP contribution in [0.15, 0.2) is 30.6 Å². The molecular formula is C18H26N2O4. The van der Waals surface area contributed by atoms with Crippen molar-refractivity contribution in [1.82, 2.24) is 9.88 Å². The first kappa shape index (κ1) is 18.3. The molecule has 0 unspecified atom stereocenters. The molecule has 1 aliphatic heterocycles. The topological polar surface area (TPSA) is 71.9 Å². The van der Waals surface area contributed by atoms with Gasteiger partial charge in [-0.2, -0.15) is 0 Å². The van der Waals surface area contributed by atoms with Crippen LogP contribution < -0.4 is 4.74 Å². The molecule has 1 aromatic heterocycles. The van der Waals surface area contributed by atoms with Crippen LogP contribution >= 0.6 is 0 Å². The zero-order valence-corrected chi connectivity index (χ0v) is 14.6. The summed E-state index contributed by atoms with van der Waals surface area (Å²) in [6, 6.07) is 1.96. The SMILES string of the molecule is CC(C)(C)OC(=O)N1CC[C@H]1COc1cncc(C/C=C/CO)c1. The van der Waals surface area contributed by atoms with Crippen molar-refractivity contribution in [1.29, 1.82) is 0 Å². The average molecular weight is 334 g/mol.